The molecule has 0 saturated heterocycles. The van der Waals surface area contributed by atoms with Gasteiger partial charge in [0.2, 0.25) is 0 Å². The number of hydrazone groups is 1. The minimum Gasteiger partial charge on any atom is -0.545 e. The molecule has 0 spiro atoms. The lowest BCUT2D eigenvalue weighted by molar-refractivity contribution is -0.255. The standard InChI is InChI=1S/C24H15F3N2O6/c1-34-23(33)15-4-2-3-14(11-15)19-10-9-17(35-19)12-18-20(24(25,26)27)28-29(21(18)30)16-7-5-13(6-8-16)22(31)32/h2-12H,1H3,(H,31,32)/p-1/b18-12-. The minimum absolute atomic E-state index is 0.0575. The number of nitrogens with zero attached hydrogens (tertiary/aromatic N) is 2. The van der Waals surface area contributed by atoms with Gasteiger partial charge in [-0.15, -0.1) is 0 Å². The van der Waals surface area contributed by atoms with Crippen LogP contribution in [0.2, 0.25) is 0 Å². The zero-order valence-corrected chi connectivity index (χ0v) is 17.8. The summed E-state index contributed by atoms with van der Waals surface area (Å²) in [5, 5.41) is 14.8. The van der Waals surface area contributed by atoms with Gasteiger partial charge in [-0.2, -0.15) is 23.3 Å². The molecule has 0 N–H and O–H groups in total. The third-order valence-electron chi connectivity index (χ3n) is 4.98. The van der Waals surface area contributed by atoms with E-state index in [9.17, 15) is 32.7 Å². The van der Waals surface area contributed by atoms with Crippen LogP contribution in [0.3, 0.4) is 0 Å². The second-order valence-corrected chi connectivity index (χ2v) is 7.23. The number of hydrogen-bond acceptors (Lipinski definition) is 7. The lowest BCUT2D eigenvalue weighted by atomic mass is 10.1. The second kappa shape index (κ2) is 8.93. The number of anilines is 1. The summed E-state index contributed by atoms with van der Waals surface area (Å²) in [6.45, 7) is 0. The third kappa shape index (κ3) is 4.69. The van der Waals surface area contributed by atoms with E-state index in [1.165, 1.54) is 31.4 Å². The number of methoxy groups -OCH3 is 1. The van der Waals surface area contributed by atoms with Crippen molar-refractivity contribution in [3.8, 4) is 11.3 Å². The number of carboxylic acid groups (broad SMARTS) is 1. The first-order valence-corrected chi connectivity index (χ1v) is 9.91. The van der Waals surface area contributed by atoms with Gasteiger partial charge in [0.25, 0.3) is 5.91 Å². The summed E-state index contributed by atoms with van der Waals surface area (Å²) in [6.07, 6.45) is -4.04. The summed E-state index contributed by atoms with van der Waals surface area (Å²) in [6, 6.07) is 13.5. The SMILES string of the molecule is COC(=O)c1cccc(-c2ccc(/C=C3\C(=O)N(c4ccc(C(=O)[O-])cc4)N=C3C(F)(F)F)o2)c1. The molecule has 2 aromatic carbocycles. The molecule has 3 aromatic rings. The largest absolute Gasteiger partial charge is 0.545 e. The van der Waals surface area contributed by atoms with Crippen molar-refractivity contribution in [2.24, 2.45) is 5.10 Å². The van der Waals surface area contributed by atoms with E-state index in [1.54, 1.807) is 12.1 Å². The Morgan fingerprint density at radius 3 is 2.40 bits per heavy atom. The molecule has 0 unspecified atom stereocenters. The lowest BCUT2D eigenvalue weighted by Gasteiger charge is -2.12. The van der Waals surface area contributed by atoms with E-state index in [2.05, 4.69) is 9.84 Å². The molecule has 0 bridgehead atoms. The van der Waals surface area contributed by atoms with E-state index in [1.807, 2.05) is 0 Å². The van der Waals surface area contributed by atoms with Crippen LogP contribution in [0.25, 0.3) is 17.4 Å². The quantitative estimate of drug-likeness (QED) is 0.406. The predicted octanol–water partition coefficient (Wildman–Crippen LogP) is 3.45. The van der Waals surface area contributed by atoms with Gasteiger partial charge in [-0.1, -0.05) is 24.3 Å². The van der Waals surface area contributed by atoms with E-state index in [0.717, 1.165) is 30.3 Å². The molecule has 1 aliphatic heterocycles. The number of furan rings is 1. The first kappa shape index (κ1) is 23.5. The Kier molecular flexibility index (Phi) is 6.00. The number of carbonyl (C=O) groups is 3. The number of rotatable bonds is 5. The molecule has 0 atom stereocenters. The molecule has 4 rings (SSSR count). The van der Waals surface area contributed by atoms with E-state index >= 15 is 0 Å². The maximum Gasteiger partial charge on any atom is 0.435 e. The average Bonchev–Trinajstić information content (AvgIpc) is 3.44. The molecule has 11 heteroatoms. The molecule has 8 nitrogen and oxygen atoms in total. The Morgan fingerprint density at radius 2 is 1.77 bits per heavy atom. The van der Waals surface area contributed by atoms with Crippen LogP contribution in [0.5, 0.6) is 0 Å². The zero-order chi connectivity index (χ0) is 25.3. The van der Waals surface area contributed by atoms with Crippen molar-refractivity contribution >= 4 is 35.3 Å². The normalized spacial score (nSPS) is 14.9. The molecule has 35 heavy (non-hydrogen) atoms. The highest BCUT2D eigenvalue weighted by atomic mass is 19.4. The number of hydrogen-bond donors (Lipinski definition) is 0. The third-order valence-corrected chi connectivity index (χ3v) is 4.98. The summed E-state index contributed by atoms with van der Waals surface area (Å²) in [4.78, 5) is 35.5. The van der Waals surface area contributed by atoms with Crippen LogP contribution in [0.15, 0.2) is 75.8 Å². The van der Waals surface area contributed by atoms with Gasteiger partial charge >= 0.3 is 12.1 Å². The summed E-state index contributed by atoms with van der Waals surface area (Å²) >= 11 is 0. The number of halogens is 3. The van der Waals surface area contributed by atoms with Gasteiger partial charge in [0, 0.05) is 5.56 Å². The molecule has 0 aliphatic carbocycles. The number of ether oxygens (including phenoxy) is 1. The predicted molar refractivity (Wildman–Crippen MR) is 115 cm³/mol. The highest BCUT2D eigenvalue weighted by Gasteiger charge is 2.47. The Labute approximate surface area is 195 Å². The zero-order valence-electron chi connectivity index (χ0n) is 17.8. The maximum absolute atomic E-state index is 13.7. The lowest BCUT2D eigenvalue weighted by Crippen LogP contribution is -2.25. The summed E-state index contributed by atoms with van der Waals surface area (Å²) in [7, 11) is 1.23. The van der Waals surface area contributed by atoms with Gasteiger partial charge in [-0.25, -0.2) is 4.79 Å². The number of alkyl halides is 3. The van der Waals surface area contributed by atoms with Crippen LogP contribution in [-0.2, 0) is 9.53 Å². The molecule has 0 fully saturated rings. The number of amides is 1. The van der Waals surface area contributed by atoms with Crippen LogP contribution in [0.4, 0.5) is 18.9 Å². The van der Waals surface area contributed by atoms with Crippen molar-refractivity contribution in [1.82, 2.24) is 0 Å². The monoisotopic (exact) mass is 483 g/mol. The van der Waals surface area contributed by atoms with E-state index < -0.39 is 35.3 Å². The van der Waals surface area contributed by atoms with Crippen molar-refractivity contribution < 1.29 is 41.8 Å². The highest BCUT2D eigenvalue weighted by molar-refractivity contribution is 6.34. The van der Waals surface area contributed by atoms with Crippen molar-refractivity contribution in [1.29, 1.82) is 0 Å². The summed E-state index contributed by atoms with van der Waals surface area (Å²) < 4.78 is 51.2. The summed E-state index contributed by atoms with van der Waals surface area (Å²) in [5.74, 6) is -2.94. The second-order valence-electron chi connectivity index (χ2n) is 7.23. The Balaban J connectivity index is 1.68. The van der Waals surface area contributed by atoms with E-state index in [-0.39, 0.29) is 28.3 Å². The van der Waals surface area contributed by atoms with Crippen LogP contribution in [0, 0.1) is 0 Å². The smallest absolute Gasteiger partial charge is 0.435 e. The van der Waals surface area contributed by atoms with E-state index in [4.69, 9.17) is 4.42 Å². The molecular formula is C24H14F3N2O6-. The van der Waals surface area contributed by atoms with Crippen LogP contribution in [-0.4, -0.2) is 36.8 Å². The summed E-state index contributed by atoms with van der Waals surface area (Å²) in [5.41, 5.74) is -1.75. The van der Waals surface area contributed by atoms with Gasteiger partial charge in [-0.05, 0) is 48.0 Å². The number of aromatic carboxylic acids is 1. The fourth-order valence-corrected chi connectivity index (χ4v) is 3.31. The first-order chi connectivity index (χ1) is 16.6. The first-order valence-electron chi connectivity index (χ1n) is 9.91. The number of benzene rings is 2. The Bertz CT molecular complexity index is 1390. The number of esters is 1. The van der Waals surface area contributed by atoms with E-state index in [0.29, 0.717) is 10.6 Å². The molecule has 1 amide bonds. The molecular weight excluding hydrogens is 469 g/mol. The van der Waals surface area contributed by atoms with Gasteiger partial charge in [0.05, 0.1) is 29.9 Å². The topological polar surface area (TPSA) is 112 Å². The fourth-order valence-electron chi connectivity index (χ4n) is 3.31. The van der Waals surface area contributed by atoms with Crippen LogP contribution >= 0.6 is 0 Å². The van der Waals surface area contributed by atoms with Gasteiger partial charge in [0.1, 0.15) is 11.5 Å². The molecule has 0 radical (unpaired) electrons. The molecule has 0 saturated carbocycles. The van der Waals surface area contributed by atoms with Gasteiger partial charge in [0.15, 0.2) is 5.71 Å². The van der Waals surface area contributed by atoms with Crippen LogP contribution < -0.4 is 10.1 Å². The maximum atomic E-state index is 13.7. The number of carbonyl (C=O) groups excluding carboxylic acids is 3. The highest BCUT2D eigenvalue weighted by Crippen LogP contribution is 2.33. The molecule has 1 aromatic heterocycles. The van der Waals surface area contributed by atoms with Gasteiger partial charge < -0.3 is 19.1 Å². The van der Waals surface area contributed by atoms with Crippen LogP contribution in [0.1, 0.15) is 26.5 Å². The fraction of sp³-hybridized carbons (Fsp3) is 0.0833. The Hall–Kier alpha value is -4.67. The number of carboxylic acids is 1. The van der Waals surface area contributed by atoms with Crippen molar-refractivity contribution in [2.75, 3.05) is 12.1 Å². The molecule has 178 valence electrons. The minimum atomic E-state index is -4.95. The Morgan fingerprint density at radius 1 is 1.06 bits per heavy atom. The van der Waals surface area contributed by atoms with Crippen molar-refractivity contribution in [3.63, 3.8) is 0 Å². The van der Waals surface area contributed by atoms with Crippen molar-refractivity contribution in [3.05, 3.63) is 83.1 Å². The van der Waals surface area contributed by atoms with Gasteiger partial charge in [-0.3, -0.25) is 4.79 Å². The molecule has 1 aliphatic rings. The average molecular weight is 483 g/mol. The molecule has 2 heterocycles. The van der Waals surface area contributed by atoms with Crippen molar-refractivity contribution in [2.45, 2.75) is 6.18 Å².